The number of fused-ring (bicyclic) bond motifs is 5. The molecule has 0 spiro atoms. The summed E-state index contributed by atoms with van der Waals surface area (Å²) in [5.74, 6) is 3.53. The number of nitrogens with zero attached hydrogens (tertiary/aromatic N) is 1. The van der Waals surface area contributed by atoms with Crippen LogP contribution in [-0.4, -0.2) is 23.9 Å². The van der Waals surface area contributed by atoms with Crippen LogP contribution in [-0.2, 0) is 4.79 Å². The smallest absolute Gasteiger partial charge is 0.222 e. The summed E-state index contributed by atoms with van der Waals surface area (Å²) in [4.78, 5) is 14.5. The molecule has 3 aliphatic carbocycles. The molecule has 2 nitrogen and oxygen atoms in total. The summed E-state index contributed by atoms with van der Waals surface area (Å²) in [6, 6.07) is 8.67. The van der Waals surface area contributed by atoms with Gasteiger partial charge in [-0.25, -0.2) is 0 Å². The molecule has 0 radical (unpaired) electrons. The van der Waals surface area contributed by atoms with Crippen molar-refractivity contribution < 1.29 is 4.79 Å². The number of allylic oxidation sites excluding steroid dienone is 1. The molecule has 1 aromatic rings. The molecule has 162 valence electrons. The third-order valence-electron chi connectivity index (χ3n) is 10.0. The molecule has 0 N–H and O–H groups in total. The molecule has 5 rings (SSSR count). The summed E-state index contributed by atoms with van der Waals surface area (Å²) >= 11 is 6.05. The maximum atomic E-state index is 12.3. The minimum atomic E-state index is 0.324. The number of hydrogen-bond acceptors (Lipinski definition) is 1. The lowest BCUT2D eigenvalue weighted by Gasteiger charge is -2.61. The Kier molecular flexibility index (Phi) is 5.08. The first-order valence-electron chi connectivity index (χ1n) is 12.0. The fourth-order valence-electron chi connectivity index (χ4n) is 8.31. The van der Waals surface area contributed by atoms with E-state index in [1.807, 2.05) is 12.1 Å². The summed E-state index contributed by atoms with van der Waals surface area (Å²) in [7, 11) is 2.06. The summed E-state index contributed by atoms with van der Waals surface area (Å²) in [5, 5.41) is 0.803. The number of rotatable bonds is 2. The van der Waals surface area contributed by atoms with E-state index in [0.717, 1.165) is 35.6 Å². The second-order valence-corrected chi connectivity index (χ2v) is 11.6. The van der Waals surface area contributed by atoms with Gasteiger partial charge in [0.15, 0.2) is 0 Å². The van der Waals surface area contributed by atoms with Crippen LogP contribution >= 0.6 is 11.6 Å². The van der Waals surface area contributed by atoms with Crippen LogP contribution in [0.15, 0.2) is 30.3 Å². The maximum absolute atomic E-state index is 12.3. The number of benzene rings is 1. The molecule has 1 amide bonds. The third-order valence-corrected chi connectivity index (χ3v) is 10.3. The minimum Gasteiger partial charge on any atom is -0.342 e. The Morgan fingerprint density at radius 2 is 1.70 bits per heavy atom. The Bertz CT molecular complexity index is 847. The number of hydrogen-bond donors (Lipinski definition) is 0. The third kappa shape index (κ3) is 3.08. The minimum absolute atomic E-state index is 0.324. The van der Waals surface area contributed by atoms with Crippen LogP contribution in [0.1, 0.15) is 70.8 Å². The Hall–Kier alpha value is -1.28. The lowest BCUT2D eigenvalue weighted by atomic mass is 9.47. The van der Waals surface area contributed by atoms with Crippen molar-refractivity contribution in [3.05, 3.63) is 40.9 Å². The molecule has 1 aliphatic heterocycles. The molecule has 4 fully saturated rings. The van der Waals surface area contributed by atoms with Crippen molar-refractivity contribution in [3.63, 3.8) is 0 Å². The normalized spacial score (nSPS) is 43.4. The van der Waals surface area contributed by atoms with Gasteiger partial charge in [-0.1, -0.05) is 49.7 Å². The zero-order valence-electron chi connectivity index (χ0n) is 18.7. The molecule has 1 aromatic carbocycles. The van der Waals surface area contributed by atoms with Crippen LogP contribution in [0.5, 0.6) is 0 Å². The SMILES string of the molecule is CN1C(=O)CC[C@]2(C)[C@H]3CC[C@]4(C)[C@@H](/C=C/c5ccc(Cl)cc5)CC[C@H]4[C@@H]3CC[C@@H]12. The van der Waals surface area contributed by atoms with Gasteiger partial charge < -0.3 is 4.90 Å². The highest BCUT2D eigenvalue weighted by molar-refractivity contribution is 6.30. The lowest BCUT2D eigenvalue weighted by molar-refractivity contribution is -0.157. The van der Waals surface area contributed by atoms with E-state index in [0.29, 0.717) is 28.7 Å². The average Bonchev–Trinajstić information content (AvgIpc) is 3.07. The van der Waals surface area contributed by atoms with Crippen LogP contribution in [0.4, 0.5) is 0 Å². The van der Waals surface area contributed by atoms with Crippen LogP contribution < -0.4 is 0 Å². The monoisotopic (exact) mass is 425 g/mol. The van der Waals surface area contributed by atoms with Crippen molar-refractivity contribution in [1.82, 2.24) is 4.90 Å². The van der Waals surface area contributed by atoms with Crippen molar-refractivity contribution in [3.8, 4) is 0 Å². The molecule has 4 aliphatic rings. The van der Waals surface area contributed by atoms with Crippen LogP contribution in [0.2, 0.25) is 5.02 Å². The van der Waals surface area contributed by atoms with Gasteiger partial charge in [0.05, 0.1) is 0 Å². The highest BCUT2D eigenvalue weighted by atomic mass is 35.5. The Labute approximate surface area is 187 Å². The zero-order chi connectivity index (χ0) is 21.1. The van der Waals surface area contributed by atoms with Gasteiger partial charge in [0, 0.05) is 24.5 Å². The number of amides is 1. The molecule has 1 saturated heterocycles. The van der Waals surface area contributed by atoms with E-state index >= 15 is 0 Å². The first kappa shape index (κ1) is 20.6. The molecule has 0 bridgehead atoms. The Morgan fingerprint density at radius 1 is 0.967 bits per heavy atom. The molecule has 0 unspecified atom stereocenters. The van der Waals surface area contributed by atoms with E-state index in [-0.39, 0.29) is 0 Å². The van der Waals surface area contributed by atoms with Crippen molar-refractivity contribution in [2.24, 2.45) is 34.5 Å². The molecule has 30 heavy (non-hydrogen) atoms. The number of likely N-dealkylation sites (tertiary alicyclic amines) is 1. The second kappa shape index (κ2) is 7.40. The van der Waals surface area contributed by atoms with Crippen molar-refractivity contribution in [2.45, 2.75) is 71.3 Å². The van der Waals surface area contributed by atoms with Gasteiger partial charge in [-0.2, -0.15) is 0 Å². The summed E-state index contributed by atoms with van der Waals surface area (Å²) < 4.78 is 0. The first-order valence-corrected chi connectivity index (χ1v) is 12.4. The summed E-state index contributed by atoms with van der Waals surface area (Å²) in [6.07, 6.45) is 14.6. The molecular formula is C27H36ClNO. The highest BCUT2D eigenvalue weighted by Crippen LogP contribution is 2.66. The molecule has 3 saturated carbocycles. The largest absolute Gasteiger partial charge is 0.342 e. The molecule has 0 aromatic heterocycles. The van der Waals surface area contributed by atoms with Crippen molar-refractivity contribution in [2.75, 3.05) is 7.05 Å². The van der Waals surface area contributed by atoms with Crippen molar-refractivity contribution in [1.29, 1.82) is 0 Å². The average molecular weight is 426 g/mol. The number of carbonyl (C=O) groups is 1. The van der Waals surface area contributed by atoms with Gasteiger partial charge in [-0.3, -0.25) is 4.79 Å². The topological polar surface area (TPSA) is 20.3 Å². The predicted molar refractivity (Wildman–Crippen MR) is 124 cm³/mol. The van der Waals surface area contributed by atoms with E-state index < -0.39 is 0 Å². The summed E-state index contributed by atoms with van der Waals surface area (Å²) in [5.41, 5.74) is 2.01. The van der Waals surface area contributed by atoms with Gasteiger partial charge >= 0.3 is 0 Å². The fourth-order valence-corrected chi connectivity index (χ4v) is 8.43. The fraction of sp³-hybridized carbons (Fsp3) is 0.667. The molecule has 3 heteroatoms. The number of carbonyl (C=O) groups excluding carboxylic acids is 1. The van der Waals surface area contributed by atoms with E-state index in [2.05, 4.69) is 50.1 Å². The quantitative estimate of drug-likeness (QED) is 0.508. The highest BCUT2D eigenvalue weighted by Gasteiger charge is 2.60. The first-order chi connectivity index (χ1) is 14.3. The van der Waals surface area contributed by atoms with E-state index in [9.17, 15) is 4.79 Å². The van der Waals surface area contributed by atoms with Gasteiger partial charge in [0.2, 0.25) is 5.91 Å². The molecular weight excluding hydrogens is 390 g/mol. The lowest BCUT2D eigenvalue weighted by Crippen LogP contribution is -2.61. The van der Waals surface area contributed by atoms with E-state index in [1.165, 1.54) is 44.1 Å². The zero-order valence-corrected chi connectivity index (χ0v) is 19.5. The van der Waals surface area contributed by atoms with Gasteiger partial charge in [-0.15, -0.1) is 0 Å². The van der Waals surface area contributed by atoms with Crippen molar-refractivity contribution >= 4 is 23.6 Å². The van der Waals surface area contributed by atoms with Gasteiger partial charge in [-0.05, 0) is 97.1 Å². The van der Waals surface area contributed by atoms with Crippen LogP contribution in [0.3, 0.4) is 0 Å². The maximum Gasteiger partial charge on any atom is 0.222 e. The van der Waals surface area contributed by atoms with Gasteiger partial charge in [0.25, 0.3) is 0 Å². The Balaban J connectivity index is 1.36. The van der Waals surface area contributed by atoms with Crippen LogP contribution in [0.25, 0.3) is 6.08 Å². The van der Waals surface area contributed by atoms with Gasteiger partial charge in [0.1, 0.15) is 0 Å². The summed E-state index contributed by atoms with van der Waals surface area (Å²) in [6.45, 7) is 5.11. The second-order valence-electron chi connectivity index (χ2n) is 11.1. The standard InChI is InChI=1S/C27H36ClNO/c1-26-16-14-23-21(11-13-24-27(23,2)17-15-25(30)29(24)3)22(26)12-8-19(26)7-4-18-5-9-20(28)10-6-18/h4-7,9-10,19,21-24H,8,11-17H2,1-3H3/b7-4+/t19-,21-,22-,23-,24+,26+,27+/m0/s1. The Morgan fingerprint density at radius 3 is 2.47 bits per heavy atom. The van der Waals surface area contributed by atoms with E-state index in [4.69, 9.17) is 11.6 Å². The molecule has 1 heterocycles. The molecule has 7 atom stereocenters. The van der Waals surface area contributed by atoms with Crippen LogP contribution in [0, 0.1) is 34.5 Å². The number of halogens is 1. The number of piperidine rings is 1. The predicted octanol–water partition coefficient (Wildman–Crippen LogP) is 6.83. The van der Waals surface area contributed by atoms with E-state index in [1.54, 1.807) is 0 Å².